The molecule has 0 unspecified atom stereocenters. The highest BCUT2D eigenvalue weighted by Gasteiger charge is 2.35. The summed E-state index contributed by atoms with van der Waals surface area (Å²) in [7, 11) is 0. The Balaban J connectivity index is 1.52. The number of nitrogens with one attached hydrogen (secondary N) is 1. The van der Waals surface area contributed by atoms with Crippen LogP contribution in [0.1, 0.15) is 44.2 Å². The summed E-state index contributed by atoms with van der Waals surface area (Å²) in [5.74, 6) is 0.0247. The molecule has 1 aliphatic heterocycles. The summed E-state index contributed by atoms with van der Waals surface area (Å²) in [6.07, 6.45) is -0.177. The van der Waals surface area contributed by atoms with E-state index < -0.39 is 11.7 Å². The summed E-state index contributed by atoms with van der Waals surface area (Å²) in [5.41, 5.74) is 3.70. The van der Waals surface area contributed by atoms with Gasteiger partial charge >= 0.3 is 12.2 Å². The van der Waals surface area contributed by atoms with Gasteiger partial charge in [-0.1, -0.05) is 84.9 Å². The number of benzene rings is 3. The van der Waals surface area contributed by atoms with Crippen LogP contribution in [0.4, 0.5) is 9.59 Å². The Bertz CT molecular complexity index is 1160. The van der Waals surface area contributed by atoms with Crippen LogP contribution in [-0.2, 0) is 16.1 Å². The van der Waals surface area contributed by atoms with Crippen LogP contribution in [0.3, 0.4) is 0 Å². The Morgan fingerprint density at radius 3 is 2.28 bits per heavy atom. The molecule has 0 aromatic heterocycles. The van der Waals surface area contributed by atoms with Gasteiger partial charge < -0.3 is 19.7 Å². The first kappa shape index (κ1) is 25.3. The van der Waals surface area contributed by atoms with E-state index in [4.69, 9.17) is 9.47 Å². The highest BCUT2D eigenvalue weighted by atomic mass is 16.6. The Morgan fingerprint density at radius 1 is 0.917 bits per heavy atom. The fourth-order valence-corrected chi connectivity index (χ4v) is 4.49. The van der Waals surface area contributed by atoms with E-state index in [9.17, 15) is 9.59 Å². The van der Waals surface area contributed by atoms with Crippen LogP contribution < -0.4 is 5.32 Å². The van der Waals surface area contributed by atoms with Crippen molar-refractivity contribution < 1.29 is 19.1 Å². The van der Waals surface area contributed by atoms with Gasteiger partial charge in [0.2, 0.25) is 0 Å². The van der Waals surface area contributed by atoms with Crippen molar-refractivity contribution in [2.24, 2.45) is 0 Å². The average Bonchev–Trinajstić information content (AvgIpc) is 2.88. The maximum Gasteiger partial charge on any atom is 0.410 e. The quantitative estimate of drug-likeness (QED) is 0.455. The second-order valence-corrected chi connectivity index (χ2v) is 10.1. The number of carbonyl (C=O) groups excluding carboxylic acids is 2. The Kier molecular flexibility index (Phi) is 7.93. The third-order valence-electron chi connectivity index (χ3n) is 6.20. The molecule has 0 spiro atoms. The monoisotopic (exact) mass is 486 g/mol. The summed E-state index contributed by atoms with van der Waals surface area (Å²) in [6, 6.07) is 27.9. The highest BCUT2D eigenvalue weighted by Crippen LogP contribution is 2.32. The lowest BCUT2D eigenvalue weighted by molar-refractivity contribution is 0.0167. The van der Waals surface area contributed by atoms with Crippen molar-refractivity contribution in [2.75, 3.05) is 13.1 Å². The normalized spacial score (nSPS) is 17.8. The molecule has 1 heterocycles. The molecule has 1 saturated heterocycles. The lowest BCUT2D eigenvalue weighted by Gasteiger charge is -2.39. The summed E-state index contributed by atoms with van der Waals surface area (Å²) >= 11 is 0. The molecule has 1 fully saturated rings. The number of nitrogens with zero attached hydrogens (tertiary/aromatic N) is 1. The molecule has 6 heteroatoms. The van der Waals surface area contributed by atoms with Gasteiger partial charge in [0.15, 0.2) is 0 Å². The van der Waals surface area contributed by atoms with E-state index in [1.165, 1.54) is 0 Å². The zero-order valence-electron chi connectivity index (χ0n) is 21.1. The van der Waals surface area contributed by atoms with Crippen molar-refractivity contribution in [3.63, 3.8) is 0 Å². The predicted molar refractivity (Wildman–Crippen MR) is 141 cm³/mol. The van der Waals surface area contributed by atoms with Gasteiger partial charge in [0, 0.05) is 19.0 Å². The molecule has 188 valence electrons. The van der Waals surface area contributed by atoms with Gasteiger partial charge in [0.05, 0.1) is 6.04 Å². The van der Waals surface area contributed by atoms with Gasteiger partial charge in [-0.2, -0.15) is 0 Å². The van der Waals surface area contributed by atoms with Crippen LogP contribution in [-0.4, -0.2) is 41.8 Å². The number of likely N-dealkylation sites (tertiary alicyclic amines) is 1. The van der Waals surface area contributed by atoms with Crippen LogP contribution in [0.25, 0.3) is 11.1 Å². The molecular formula is C30H34N2O4. The fourth-order valence-electron chi connectivity index (χ4n) is 4.49. The Morgan fingerprint density at radius 2 is 1.58 bits per heavy atom. The van der Waals surface area contributed by atoms with Crippen molar-refractivity contribution in [1.29, 1.82) is 0 Å². The van der Waals surface area contributed by atoms with Crippen molar-refractivity contribution in [3.8, 4) is 11.1 Å². The van der Waals surface area contributed by atoms with Crippen LogP contribution in [0, 0.1) is 0 Å². The van der Waals surface area contributed by atoms with Crippen LogP contribution in [0.5, 0.6) is 0 Å². The number of piperidine rings is 1. The maximum absolute atomic E-state index is 12.8. The third kappa shape index (κ3) is 6.87. The maximum atomic E-state index is 12.8. The smallest absolute Gasteiger partial charge is 0.410 e. The zero-order chi connectivity index (χ0) is 25.5. The van der Waals surface area contributed by atoms with Crippen molar-refractivity contribution in [2.45, 2.75) is 51.4 Å². The zero-order valence-corrected chi connectivity index (χ0v) is 21.1. The molecule has 0 radical (unpaired) electrons. The molecule has 0 bridgehead atoms. The standard InChI is InChI=1S/C30H34N2O4/c1-30(2,3)36-29(34)32-18-17-26(25-16-10-15-24(19-25)23-13-8-5-9-14-23)27(20-32)31-28(33)35-21-22-11-6-4-7-12-22/h4-16,19,26-27H,17-18,20-21H2,1-3H3,(H,31,33)/t26-,27+/m0/s1. The van der Waals surface area contributed by atoms with E-state index in [2.05, 4.69) is 35.6 Å². The predicted octanol–water partition coefficient (Wildman–Crippen LogP) is 6.37. The first-order valence-corrected chi connectivity index (χ1v) is 12.4. The minimum Gasteiger partial charge on any atom is -0.445 e. The molecule has 2 amide bonds. The molecule has 0 saturated carbocycles. The van der Waals surface area contributed by atoms with Crippen molar-refractivity contribution in [1.82, 2.24) is 10.2 Å². The van der Waals surface area contributed by atoms with Crippen molar-refractivity contribution in [3.05, 3.63) is 96.1 Å². The highest BCUT2D eigenvalue weighted by molar-refractivity contribution is 5.70. The van der Waals surface area contributed by atoms with E-state index in [-0.39, 0.29) is 24.7 Å². The molecule has 0 aliphatic carbocycles. The van der Waals surface area contributed by atoms with E-state index in [0.717, 1.165) is 22.3 Å². The summed E-state index contributed by atoms with van der Waals surface area (Å²) in [5, 5.41) is 3.03. The second kappa shape index (κ2) is 11.3. The number of hydrogen-bond donors (Lipinski definition) is 1. The summed E-state index contributed by atoms with van der Waals surface area (Å²) in [6.45, 7) is 6.63. The lowest BCUT2D eigenvalue weighted by atomic mass is 9.84. The molecular weight excluding hydrogens is 452 g/mol. The summed E-state index contributed by atoms with van der Waals surface area (Å²) in [4.78, 5) is 27.3. The molecule has 6 nitrogen and oxygen atoms in total. The van der Waals surface area contributed by atoms with E-state index in [0.29, 0.717) is 19.5 Å². The second-order valence-electron chi connectivity index (χ2n) is 10.1. The van der Waals surface area contributed by atoms with Crippen LogP contribution in [0.15, 0.2) is 84.9 Å². The number of amides is 2. The number of ether oxygens (including phenoxy) is 2. The Labute approximate surface area is 213 Å². The number of rotatable bonds is 5. The third-order valence-corrected chi connectivity index (χ3v) is 6.20. The van der Waals surface area contributed by atoms with Crippen molar-refractivity contribution >= 4 is 12.2 Å². The molecule has 3 aromatic carbocycles. The van der Waals surface area contributed by atoms with Gasteiger partial charge in [-0.25, -0.2) is 9.59 Å². The van der Waals surface area contributed by atoms with Gasteiger partial charge in [-0.05, 0) is 49.4 Å². The molecule has 2 atom stereocenters. The van der Waals surface area contributed by atoms with Crippen LogP contribution in [0.2, 0.25) is 0 Å². The molecule has 4 rings (SSSR count). The van der Waals surface area contributed by atoms with Gasteiger partial charge in [-0.15, -0.1) is 0 Å². The first-order valence-electron chi connectivity index (χ1n) is 12.4. The van der Waals surface area contributed by atoms with Gasteiger partial charge in [-0.3, -0.25) is 0 Å². The SMILES string of the molecule is CC(C)(C)OC(=O)N1CC[C@@H](c2cccc(-c3ccccc3)c2)[C@H](NC(=O)OCc2ccccc2)C1. The topological polar surface area (TPSA) is 67.9 Å². The van der Waals surface area contributed by atoms with Crippen LogP contribution >= 0.6 is 0 Å². The molecule has 1 aliphatic rings. The van der Waals surface area contributed by atoms with E-state index in [1.807, 2.05) is 75.4 Å². The number of hydrogen-bond acceptors (Lipinski definition) is 4. The summed E-state index contributed by atoms with van der Waals surface area (Å²) < 4.78 is 11.1. The Hall–Kier alpha value is -3.80. The number of carbonyl (C=O) groups is 2. The molecule has 36 heavy (non-hydrogen) atoms. The minimum atomic E-state index is -0.588. The number of alkyl carbamates (subject to hydrolysis) is 1. The largest absolute Gasteiger partial charge is 0.445 e. The fraction of sp³-hybridized carbons (Fsp3) is 0.333. The lowest BCUT2D eigenvalue weighted by Crippen LogP contribution is -2.54. The van der Waals surface area contributed by atoms with E-state index in [1.54, 1.807) is 4.90 Å². The first-order chi connectivity index (χ1) is 17.3. The van der Waals surface area contributed by atoms with E-state index >= 15 is 0 Å². The van der Waals surface area contributed by atoms with Gasteiger partial charge in [0.25, 0.3) is 0 Å². The molecule has 1 N–H and O–H groups in total. The minimum absolute atomic E-state index is 0.0247. The average molecular weight is 487 g/mol. The van der Waals surface area contributed by atoms with Gasteiger partial charge in [0.1, 0.15) is 12.2 Å². The molecule has 3 aromatic rings.